The van der Waals surface area contributed by atoms with Crippen LogP contribution in [0.2, 0.25) is 0 Å². The molecule has 2 aromatic rings. The van der Waals surface area contributed by atoms with E-state index in [-0.39, 0.29) is 6.04 Å². The minimum absolute atomic E-state index is 0.140. The summed E-state index contributed by atoms with van der Waals surface area (Å²) < 4.78 is 5.21. The van der Waals surface area contributed by atoms with E-state index >= 15 is 0 Å². The summed E-state index contributed by atoms with van der Waals surface area (Å²) in [4.78, 5) is 2.78. The van der Waals surface area contributed by atoms with Crippen molar-refractivity contribution in [3.05, 3.63) is 46.5 Å². The van der Waals surface area contributed by atoms with Crippen LogP contribution in [0.15, 0.2) is 40.1 Å². The lowest BCUT2D eigenvalue weighted by atomic mass is 10.1. The number of rotatable bonds is 2. The van der Waals surface area contributed by atoms with Crippen molar-refractivity contribution in [1.29, 1.82) is 0 Å². The molecular weight excluding hydrogens is 178 g/mol. The Morgan fingerprint density at radius 2 is 2.29 bits per heavy atom. The van der Waals surface area contributed by atoms with Crippen LogP contribution in [0.5, 0.6) is 0 Å². The molecule has 0 saturated heterocycles. The Morgan fingerprint density at radius 1 is 1.43 bits per heavy atom. The molecule has 0 radical (unpaired) electrons. The van der Waals surface area contributed by atoms with Crippen LogP contribution >= 0.6 is 0 Å². The van der Waals surface area contributed by atoms with Gasteiger partial charge in [0.1, 0.15) is 5.58 Å². The highest BCUT2D eigenvalue weighted by atomic mass is 16.3. The monoisotopic (exact) mass is 187 g/mol. The smallest absolute Gasteiger partial charge is 0.133 e. The summed E-state index contributed by atoms with van der Waals surface area (Å²) in [5.41, 5.74) is 10.2. The van der Waals surface area contributed by atoms with Crippen molar-refractivity contribution in [2.24, 2.45) is 5.11 Å². The highest BCUT2D eigenvalue weighted by Crippen LogP contribution is 2.23. The molecule has 1 aromatic heterocycles. The summed E-state index contributed by atoms with van der Waals surface area (Å²) in [7, 11) is 0. The quantitative estimate of drug-likeness (QED) is 0.400. The van der Waals surface area contributed by atoms with Crippen LogP contribution < -0.4 is 0 Å². The lowest BCUT2D eigenvalue weighted by Gasteiger charge is -2.03. The Labute approximate surface area is 80.8 Å². The Morgan fingerprint density at radius 3 is 3.07 bits per heavy atom. The van der Waals surface area contributed by atoms with Crippen LogP contribution in [0.25, 0.3) is 21.4 Å². The van der Waals surface area contributed by atoms with Gasteiger partial charge in [0, 0.05) is 10.3 Å². The summed E-state index contributed by atoms with van der Waals surface area (Å²) >= 11 is 0. The molecule has 4 heteroatoms. The third kappa shape index (κ3) is 1.43. The second-order valence-electron chi connectivity index (χ2n) is 3.10. The number of fused-ring (bicyclic) bond motifs is 1. The Kier molecular flexibility index (Phi) is 2.13. The van der Waals surface area contributed by atoms with Crippen molar-refractivity contribution < 1.29 is 4.42 Å². The highest BCUT2D eigenvalue weighted by molar-refractivity contribution is 5.77. The highest BCUT2D eigenvalue weighted by Gasteiger charge is 2.04. The molecule has 0 saturated carbocycles. The lowest BCUT2D eigenvalue weighted by molar-refractivity contribution is 0.615. The number of benzene rings is 1. The van der Waals surface area contributed by atoms with Crippen LogP contribution in [0.4, 0.5) is 0 Å². The maximum Gasteiger partial charge on any atom is 0.133 e. The van der Waals surface area contributed by atoms with Gasteiger partial charge in [0.2, 0.25) is 0 Å². The van der Waals surface area contributed by atoms with Crippen LogP contribution in [0.1, 0.15) is 18.5 Å². The molecule has 0 amide bonds. The third-order valence-corrected chi connectivity index (χ3v) is 2.18. The van der Waals surface area contributed by atoms with Crippen molar-refractivity contribution in [2.75, 3.05) is 0 Å². The summed E-state index contributed by atoms with van der Waals surface area (Å²) in [5.74, 6) is 0. The summed E-state index contributed by atoms with van der Waals surface area (Å²) in [6, 6.07) is 7.51. The molecule has 0 aliphatic rings. The Bertz CT molecular complexity index is 497. The van der Waals surface area contributed by atoms with Crippen molar-refractivity contribution in [3.8, 4) is 0 Å². The number of azide groups is 1. The van der Waals surface area contributed by atoms with E-state index < -0.39 is 0 Å². The van der Waals surface area contributed by atoms with Crippen molar-refractivity contribution in [2.45, 2.75) is 13.0 Å². The fourth-order valence-electron chi connectivity index (χ4n) is 1.39. The van der Waals surface area contributed by atoms with Gasteiger partial charge >= 0.3 is 0 Å². The first kappa shape index (κ1) is 8.66. The topological polar surface area (TPSA) is 61.9 Å². The minimum Gasteiger partial charge on any atom is -0.464 e. The summed E-state index contributed by atoms with van der Waals surface area (Å²) in [6.07, 6.45) is 1.65. The van der Waals surface area contributed by atoms with Gasteiger partial charge in [0.15, 0.2) is 0 Å². The largest absolute Gasteiger partial charge is 0.464 e. The molecule has 0 spiro atoms. The van der Waals surface area contributed by atoms with Crippen LogP contribution in [-0.2, 0) is 0 Å². The van der Waals surface area contributed by atoms with Gasteiger partial charge in [-0.25, -0.2) is 0 Å². The van der Waals surface area contributed by atoms with E-state index in [4.69, 9.17) is 9.95 Å². The first-order valence-electron chi connectivity index (χ1n) is 4.32. The Hall–Kier alpha value is -1.93. The van der Waals surface area contributed by atoms with E-state index in [0.29, 0.717) is 0 Å². The molecule has 1 unspecified atom stereocenters. The molecule has 0 fully saturated rings. The van der Waals surface area contributed by atoms with Gasteiger partial charge in [0.25, 0.3) is 0 Å². The van der Waals surface area contributed by atoms with E-state index in [2.05, 4.69) is 10.0 Å². The molecule has 0 aliphatic carbocycles. The van der Waals surface area contributed by atoms with Crippen molar-refractivity contribution >= 4 is 11.0 Å². The molecule has 0 N–H and O–H groups in total. The second kappa shape index (κ2) is 3.44. The van der Waals surface area contributed by atoms with E-state index in [0.717, 1.165) is 16.5 Å². The molecule has 0 aliphatic heterocycles. The van der Waals surface area contributed by atoms with Crippen LogP contribution in [-0.4, -0.2) is 0 Å². The fourth-order valence-corrected chi connectivity index (χ4v) is 1.39. The Balaban J connectivity index is 2.48. The molecule has 0 bridgehead atoms. The number of furan rings is 1. The SMILES string of the molecule is CC(N=[N+]=[N-])c1ccc2occc2c1. The molecule has 1 aromatic carbocycles. The first-order valence-corrected chi connectivity index (χ1v) is 4.32. The van der Waals surface area contributed by atoms with E-state index in [9.17, 15) is 0 Å². The summed E-state index contributed by atoms with van der Waals surface area (Å²) in [6.45, 7) is 1.86. The number of hydrogen-bond donors (Lipinski definition) is 0. The van der Waals surface area contributed by atoms with Gasteiger partial charge in [0.05, 0.1) is 12.3 Å². The zero-order valence-electron chi connectivity index (χ0n) is 7.71. The molecule has 4 nitrogen and oxygen atoms in total. The summed E-state index contributed by atoms with van der Waals surface area (Å²) in [5, 5.41) is 4.67. The van der Waals surface area contributed by atoms with Gasteiger partial charge in [-0.05, 0) is 29.3 Å². The van der Waals surface area contributed by atoms with Crippen molar-refractivity contribution in [3.63, 3.8) is 0 Å². The fraction of sp³-hybridized carbons (Fsp3) is 0.200. The lowest BCUT2D eigenvalue weighted by Crippen LogP contribution is -1.86. The maximum absolute atomic E-state index is 8.31. The minimum atomic E-state index is -0.140. The first-order chi connectivity index (χ1) is 6.81. The van der Waals surface area contributed by atoms with Crippen molar-refractivity contribution in [1.82, 2.24) is 0 Å². The molecule has 70 valence electrons. The average Bonchev–Trinajstić information content (AvgIpc) is 2.64. The van der Waals surface area contributed by atoms with Gasteiger partial charge in [-0.15, -0.1) is 0 Å². The maximum atomic E-state index is 8.31. The van der Waals surface area contributed by atoms with E-state index in [1.807, 2.05) is 31.2 Å². The molecule has 1 atom stereocenters. The zero-order valence-corrected chi connectivity index (χ0v) is 7.71. The number of nitrogens with zero attached hydrogens (tertiary/aromatic N) is 3. The van der Waals surface area contributed by atoms with E-state index in [1.54, 1.807) is 6.26 Å². The zero-order chi connectivity index (χ0) is 9.97. The van der Waals surface area contributed by atoms with E-state index in [1.165, 1.54) is 0 Å². The molecule has 1 heterocycles. The second-order valence-corrected chi connectivity index (χ2v) is 3.10. The standard InChI is InChI=1S/C10H9N3O/c1-7(12-13-11)8-2-3-10-9(6-8)4-5-14-10/h2-7H,1H3. The number of hydrogen-bond acceptors (Lipinski definition) is 2. The molecular formula is C10H9N3O. The predicted octanol–water partition coefficient (Wildman–Crippen LogP) is 3.80. The van der Waals surface area contributed by atoms with Crippen LogP contribution in [0.3, 0.4) is 0 Å². The van der Waals surface area contributed by atoms with Crippen LogP contribution in [0, 0.1) is 0 Å². The van der Waals surface area contributed by atoms with Gasteiger partial charge < -0.3 is 4.42 Å². The molecule has 2 rings (SSSR count). The van der Waals surface area contributed by atoms with Gasteiger partial charge in [-0.1, -0.05) is 18.1 Å². The molecule has 14 heavy (non-hydrogen) atoms. The third-order valence-electron chi connectivity index (χ3n) is 2.18. The average molecular weight is 187 g/mol. The van der Waals surface area contributed by atoms with Gasteiger partial charge in [-0.2, -0.15) is 0 Å². The van der Waals surface area contributed by atoms with Gasteiger partial charge in [-0.3, -0.25) is 0 Å². The predicted molar refractivity (Wildman–Crippen MR) is 53.8 cm³/mol. The normalized spacial score (nSPS) is 12.4.